The van der Waals surface area contributed by atoms with Crippen LogP contribution >= 0.6 is 0 Å². The molecule has 3 rings (SSSR count). The third-order valence-corrected chi connectivity index (χ3v) is 6.07. The van der Waals surface area contributed by atoms with Crippen molar-refractivity contribution in [3.05, 3.63) is 52.9 Å². The highest BCUT2D eigenvalue weighted by Crippen LogP contribution is 2.29. The van der Waals surface area contributed by atoms with Crippen LogP contribution in [0.1, 0.15) is 34.3 Å². The average Bonchev–Trinajstić information content (AvgIpc) is 3.49. The predicted molar refractivity (Wildman–Crippen MR) is 134 cm³/mol. The van der Waals surface area contributed by atoms with Crippen molar-refractivity contribution in [3.8, 4) is 0 Å². The van der Waals surface area contributed by atoms with E-state index < -0.39 is 41.4 Å². The molecule has 0 saturated carbocycles. The normalized spacial score (nSPS) is 18.7. The molecule has 12 nitrogen and oxygen atoms in total. The summed E-state index contributed by atoms with van der Waals surface area (Å²) in [6.45, 7) is 5.19. The van der Waals surface area contributed by atoms with Gasteiger partial charge in [-0.3, -0.25) is 19.2 Å². The average molecular weight is 531 g/mol. The van der Waals surface area contributed by atoms with Crippen molar-refractivity contribution in [1.82, 2.24) is 21.1 Å². The third kappa shape index (κ3) is 7.70. The molecule has 1 aliphatic rings. The number of aromatic nitrogens is 1. The van der Waals surface area contributed by atoms with Crippen LogP contribution in [0.25, 0.3) is 0 Å². The van der Waals surface area contributed by atoms with E-state index in [2.05, 4.69) is 21.1 Å². The van der Waals surface area contributed by atoms with Gasteiger partial charge in [-0.05, 0) is 32.8 Å². The molecule has 206 valence electrons. The zero-order chi connectivity index (χ0) is 27.9. The van der Waals surface area contributed by atoms with Crippen LogP contribution in [-0.4, -0.2) is 86.4 Å². The number of rotatable bonds is 14. The van der Waals surface area contributed by atoms with E-state index in [1.807, 2.05) is 31.2 Å². The number of epoxide rings is 1. The first-order valence-electron chi connectivity index (χ1n) is 12.1. The highest BCUT2D eigenvalue weighted by molar-refractivity contribution is 5.99. The second kappa shape index (κ2) is 12.8. The van der Waals surface area contributed by atoms with Crippen LogP contribution in [0, 0.1) is 13.8 Å². The summed E-state index contributed by atoms with van der Waals surface area (Å²) in [5.74, 6) is -1.78. The second-order valence-corrected chi connectivity index (χ2v) is 9.46. The number of carbonyl (C=O) groups is 4. The Morgan fingerprint density at radius 2 is 1.50 bits per heavy atom. The van der Waals surface area contributed by atoms with E-state index in [0.29, 0.717) is 5.76 Å². The van der Waals surface area contributed by atoms with Crippen LogP contribution in [0.15, 0.2) is 34.9 Å². The minimum atomic E-state index is -1.15. The topological polar surface area (TPSA) is 161 Å². The fraction of sp³-hybridized carbons (Fsp3) is 0.500. The summed E-state index contributed by atoms with van der Waals surface area (Å²) in [5, 5.41) is 11.5. The first kappa shape index (κ1) is 29.0. The summed E-state index contributed by atoms with van der Waals surface area (Å²) < 4.78 is 20.4. The maximum absolute atomic E-state index is 13.3. The molecule has 1 aromatic heterocycles. The lowest BCUT2D eigenvalue weighted by Crippen LogP contribution is -2.59. The third-order valence-electron chi connectivity index (χ3n) is 6.07. The zero-order valence-electron chi connectivity index (χ0n) is 22.2. The number of hydrogen-bond acceptors (Lipinski definition) is 9. The van der Waals surface area contributed by atoms with Crippen LogP contribution in [0.4, 0.5) is 0 Å². The molecule has 4 atom stereocenters. The summed E-state index contributed by atoms with van der Waals surface area (Å²) in [6, 6.07) is 5.87. The Balaban J connectivity index is 1.71. The van der Waals surface area contributed by atoms with E-state index in [-0.39, 0.29) is 37.7 Å². The molecule has 1 fully saturated rings. The van der Waals surface area contributed by atoms with Crippen LogP contribution in [0.3, 0.4) is 0 Å². The van der Waals surface area contributed by atoms with E-state index in [4.69, 9.17) is 18.7 Å². The minimum Gasteiger partial charge on any atom is -0.382 e. The van der Waals surface area contributed by atoms with Crippen LogP contribution < -0.4 is 16.0 Å². The predicted octanol–water partition coefficient (Wildman–Crippen LogP) is 0.253. The van der Waals surface area contributed by atoms with E-state index in [9.17, 15) is 19.2 Å². The molecule has 0 bridgehead atoms. The lowest BCUT2D eigenvalue weighted by Gasteiger charge is -2.25. The van der Waals surface area contributed by atoms with Gasteiger partial charge < -0.3 is 34.7 Å². The summed E-state index contributed by atoms with van der Waals surface area (Å²) in [5.41, 5.74) is 0.959. The number of Topliss-reactive ketones (excluding diaryl/α,β-unsaturated/α-hetero) is 1. The smallest absolute Gasteiger partial charge is 0.274 e. The van der Waals surface area contributed by atoms with E-state index >= 15 is 0 Å². The van der Waals surface area contributed by atoms with Gasteiger partial charge in [-0.2, -0.15) is 0 Å². The molecule has 12 heteroatoms. The van der Waals surface area contributed by atoms with Gasteiger partial charge in [-0.1, -0.05) is 35.0 Å². The number of carbonyl (C=O) groups excluding carboxylic acids is 4. The lowest BCUT2D eigenvalue weighted by molar-refractivity contribution is -0.134. The van der Waals surface area contributed by atoms with Crippen molar-refractivity contribution in [2.24, 2.45) is 0 Å². The number of ketones is 1. The Morgan fingerprint density at radius 3 is 2.00 bits per heavy atom. The Hall–Kier alpha value is -3.61. The van der Waals surface area contributed by atoms with Gasteiger partial charge in [0.25, 0.3) is 5.91 Å². The van der Waals surface area contributed by atoms with E-state index in [0.717, 1.165) is 11.1 Å². The van der Waals surface area contributed by atoms with E-state index in [1.54, 1.807) is 13.8 Å². The fourth-order valence-electron chi connectivity index (χ4n) is 3.74. The summed E-state index contributed by atoms with van der Waals surface area (Å²) in [7, 11) is 2.75. The van der Waals surface area contributed by atoms with Crippen molar-refractivity contribution >= 4 is 23.5 Å². The number of nitrogens with zero attached hydrogens (tertiary/aromatic N) is 1. The molecule has 1 aliphatic heterocycles. The summed E-state index contributed by atoms with van der Waals surface area (Å²) >= 11 is 0. The number of ether oxygens (including phenoxy) is 3. The summed E-state index contributed by atoms with van der Waals surface area (Å²) in [4.78, 5) is 51.9. The highest BCUT2D eigenvalue weighted by Gasteiger charge is 2.50. The zero-order valence-corrected chi connectivity index (χ0v) is 22.2. The molecule has 3 N–H and O–H groups in total. The molecule has 38 heavy (non-hydrogen) atoms. The van der Waals surface area contributed by atoms with Crippen LogP contribution in [-0.2, 0) is 35.0 Å². The van der Waals surface area contributed by atoms with Gasteiger partial charge in [0.1, 0.15) is 23.4 Å². The number of aryl methyl sites for hydroxylation is 2. The molecule has 3 amide bonds. The van der Waals surface area contributed by atoms with Crippen molar-refractivity contribution in [2.75, 3.05) is 34.0 Å². The largest absolute Gasteiger partial charge is 0.382 e. The van der Waals surface area contributed by atoms with Gasteiger partial charge in [0.2, 0.25) is 11.8 Å². The van der Waals surface area contributed by atoms with Crippen molar-refractivity contribution < 1.29 is 37.9 Å². The first-order valence-corrected chi connectivity index (χ1v) is 12.1. The molecular weight excluding hydrogens is 496 g/mol. The molecule has 0 spiro atoms. The maximum Gasteiger partial charge on any atom is 0.274 e. The van der Waals surface area contributed by atoms with Crippen molar-refractivity contribution in [3.63, 3.8) is 0 Å². The number of nitrogens with one attached hydrogen (secondary N) is 3. The van der Waals surface area contributed by atoms with Gasteiger partial charge in [-0.25, -0.2) is 0 Å². The van der Waals surface area contributed by atoms with Gasteiger partial charge in [0, 0.05) is 20.3 Å². The van der Waals surface area contributed by atoms with Crippen molar-refractivity contribution in [1.29, 1.82) is 0 Å². The Kier molecular flexibility index (Phi) is 9.72. The Labute approximate surface area is 220 Å². The number of amides is 3. The number of hydrogen-bond donors (Lipinski definition) is 3. The molecule has 0 radical (unpaired) electrons. The molecule has 1 aromatic carbocycles. The lowest BCUT2D eigenvalue weighted by atomic mass is 9.94. The SMILES string of the molecule is COCC(NC(=O)c1cc(C)on1)C(=O)NC(COC)C(=O)NC(Cc1ccc(C)cc1)C(=O)C1(C)CO1. The van der Waals surface area contributed by atoms with Gasteiger partial charge >= 0.3 is 0 Å². The molecular formula is C26H34N4O8. The van der Waals surface area contributed by atoms with Crippen LogP contribution in [0.2, 0.25) is 0 Å². The van der Waals surface area contributed by atoms with E-state index in [1.165, 1.54) is 20.3 Å². The van der Waals surface area contributed by atoms with Gasteiger partial charge in [-0.15, -0.1) is 0 Å². The molecule has 2 aromatic rings. The molecule has 2 heterocycles. The van der Waals surface area contributed by atoms with Crippen LogP contribution in [0.5, 0.6) is 0 Å². The number of benzene rings is 1. The Bertz CT molecular complexity index is 1140. The Morgan fingerprint density at radius 1 is 0.947 bits per heavy atom. The van der Waals surface area contributed by atoms with Gasteiger partial charge in [0.05, 0.1) is 25.9 Å². The minimum absolute atomic E-state index is 0.00385. The van der Waals surface area contributed by atoms with Gasteiger partial charge in [0.15, 0.2) is 11.5 Å². The summed E-state index contributed by atoms with van der Waals surface area (Å²) in [6.07, 6.45) is 0.247. The molecule has 4 unspecified atom stereocenters. The number of methoxy groups -OCH3 is 2. The highest BCUT2D eigenvalue weighted by atomic mass is 16.6. The first-order chi connectivity index (χ1) is 18.1. The monoisotopic (exact) mass is 530 g/mol. The molecule has 0 aliphatic carbocycles. The fourth-order valence-corrected chi connectivity index (χ4v) is 3.74. The second-order valence-electron chi connectivity index (χ2n) is 9.46. The standard InChI is InChI=1S/C26H34N4O8/c1-15-6-8-17(9-7-15)11-18(22(31)26(3)14-37-26)27-24(33)20(12-35-4)29-25(34)21(13-36-5)28-23(32)19-10-16(2)38-30-19/h6-10,18,20-21H,11-14H2,1-5H3,(H,27,33)(H,28,32)(H,29,34). The van der Waals surface area contributed by atoms with Crippen molar-refractivity contribution in [2.45, 2.75) is 50.9 Å². The quantitative estimate of drug-likeness (QED) is 0.291. The molecule has 1 saturated heterocycles. The maximum atomic E-state index is 13.3.